The summed E-state index contributed by atoms with van der Waals surface area (Å²) < 4.78 is 2.09. The highest BCUT2D eigenvalue weighted by molar-refractivity contribution is 5.77. The number of nitrogens with zero attached hydrogens (tertiary/aromatic N) is 4. The Morgan fingerprint density at radius 3 is 2.59 bits per heavy atom. The molecule has 0 spiro atoms. The molecule has 1 amide bonds. The van der Waals surface area contributed by atoms with Crippen LogP contribution in [0.4, 0.5) is 0 Å². The smallest absolute Gasteiger partial charge is 0.224 e. The highest BCUT2D eigenvalue weighted by atomic mass is 16.2. The van der Waals surface area contributed by atoms with Gasteiger partial charge in [-0.25, -0.2) is 4.98 Å². The number of rotatable bonds is 4. The number of amides is 1. The second kappa shape index (κ2) is 7.99. The van der Waals surface area contributed by atoms with Gasteiger partial charge in [0.25, 0.3) is 0 Å². The second-order valence-electron chi connectivity index (χ2n) is 8.26. The van der Waals surface area contributed by atoms with E-state index in [1.165, 1.54) is 24.0 Å². The van der Waals surface area contributed by atoms with Gasteiger partial charge >= 0.3 is 0 Å². The molecule has 2 heterocycles. The Hall–Kier alpha value is -2.66. The van der Waals surface area contributed by atoms with Gasteiger partial charge in [-0.15, -0.1) is 0 Å². The molecule has 5 nitrogen and oxygen atoms in total. The number of benzene rings is 2. The van der Waals surface area contributed by atoms with E-state index in [0.717, 1.165) is 43.6 Å². The van der Waals surface area contributed by atoms with Gasteiger partial charge in [0, 0.05) is 45.2 Å². The molecule has 1 aromatic heterocycles. The first-order chi connectivity index (χ1) is 14.3. The lowest BCUT2D eigenvalue weighted by atomic mass is 9.87. The molecule has 1 saturated heterocycles. The standard InChI is InChI=1S/C24H28N4O/c29-24(11-12-28-18-25-22-7-3-4-8-23(22)28)27-15-13-26(14-16-27)21-10-9-19-5-1-2-6-20(19)17-21/h1-8,18,21H,9-17H2. The van der Waals surface area contributed by atoms with Gasteiger partial charge in [-0.2, -0.15) is 0 Å². The molecule has 2 aromatic carbocycles. The monoisotopic (exact) mass is 388 g/mol. The molecular weight excluding hydrogens is 360 g/mol. The fraction of sp³-hybridized carbons (Fsp3) is 0.417. The number of aromatic nitrogens is 2. The van der Waals surface area contributed by atoms with Crippen molar-refractivity contribution in [2.24, 2.45) is 0 Å². The van der Waals surface area contributed by atoms with Crippen molar-refractivity contribution in [3.63, 3.8) is 0 Å². The molecule has 29 heavy (non-hydrogen) atoms. The number of hydrogen-bond donors (Lipinski definition) is 0. The summed E-state index contributed by atoms with van der Waals surface area (Å²) >= 11 is 0. The number of aryl methyl sites for hydroxylation is 2. The van der Waals surface area contributed by atoms with Crippen LogP contribution in [-0.2, 0) is 24.2 Å². The van der Waals surface area contributed by atoms with Gasteiger partial charge in [-0.3, -0.25) is 9.69 Å². The number of imidazole rings is 1. The maximum absolute atomic E-state index is 12.7. The lowest BCUT2D eigenvalue weighted by Crippen LogP contribution is -2.53. The van der Waals surface area contributed by atoms with E-state index in [2.05, 4.69) is 44.8 Å². The molecule has 2 aliphatic rings. The van der Waals surface area contributed by atoms with Crippen molar-refractivity contribution in [1.29, 1.82) is 0 Å². The SMILES string of the molecule is O=C(CCn1cnc2ccccc21)N1CCN(C2CCc3ccccc3C2)CC1. The fourth-order valence-corrected chi connectivity index (χ4v) is 4.89. The van der Waals surface area contributed by atoms with E-state index in [1.54, 1.807) is 0 Å². The van der Waals surface area contributed by atoms with E-state index in [1.807, 2.05) is 29.4 Å². The zero-order chi connectivity index (χ0) is 19.6. The van der Waals surface area contributed by atoms with E-state index in [4.69, 9.17) is 0 Å². The Balaban J connectivity index is 1.13. The third-order valence-electron chi connectivity index (χ3n) is 6.60. The predicted molar refractivity (Wildman–Crippen MR) is 115 cm³/mol. The van der Waals surface area contributed by atoms with Crippen LogP contribution in [0.1, 0.15) is 24.0 Å². The maximum Gasteiger partial charge on any atom is 0.224 e. The van der Waals surface area contributed by atoms with E-state index in [9.17, 15) is 4.79 Å². The summed E-state index contributed by atoms with van der Waals surface area (Å²) in [6.07, 6.45) is 5.95. The number of hydrogen-bond acceptors (Lipinski definition) is 3. The van der Waals surface area contributed by atoms with Crippen LogP contribution < -0.4 is 0 Å². The molecule has 5 rings (SSSR count). The van der Waals surface area contributed by atoms with Crippen LogP contribution >= 0.6 is 0 Å². The molecule has 3 aromatic rings. The Labute approximate surface area is 171 Å². The molecule has 1 fully saturated rings. The lowest BCUT2D eigenvalue weighted by molar-refractivity contribution is -0.133. The van der Waals surface area contributed by atoms with Crippen LogP contribution in [0.15, 0.2) is 54.9 Å². The Kier molecular flexibility index (Phi) is 5.06. The summed E-state index contributed by atoms with van der Waals surface area (Å²) in [5.74, 6) is 0.261. The van der Waals surface area contributed by atoms with E-state index < -0.39 is 0 Å². The molecule has 1 atom stereocenters. The van der Waals surface area contributed by atoms with Crippen molar-refractivity contribution < 1.29 is 4.79 Å². The Morgan fingerprint density at radius 1 is 0.966 bits per heavy atom. The molecule has 0 saturated carbocycles. The van der Waals surface area contributed by atoms with Crippen molar-refractivity contribution in [1.82, 2.24) is 19.4 Å². The first kappa shape index (κ1) is 18.4. The quantitative estimate of drug-likeness (QED) is 0.690. The minimum Gasteiger partial charge on any atom is -0.340 e. The van der Waals surface area contributed by atoms with Gasteiger partial charge in [0.05, 0.1) is 17.4 Å². The minimum absolute atomic E-state index is 0.261. The van der Waals surface area contributed by atoms with Crippen molar-refractivity contribution >= 4 is 16.9 Å². The van der Waals surface area contributed by atoms with E-state index in [-0.39, 0.29) is 5.91 Å². The third-order valence-corrected chi connectivity index (χ3v) is 6.60. The zero-order valence-corrected chi connectivity index (χ0v) is 16.8. The minimum atomic E-state index is 0.261. The maximum atomic E-state index is 12.7. The number of para-hydroxylation sites is 2. The van der Waals surface area contributed by atoms with Gasteiger partial charge in [0.2, 0.25) is 5.91 Å². The van der Waals surface area contributed by atoms with Gasteiger partial charge in [0.15, 0.2) is 0 Å². The van der Waals surface area contributed by atoms with Crippen LogP contribution in [0.3, 0.4) is 0 Å². The van der Waals surface area contributed by atoms with Gasteiger partial charge in [-0.05, 0) is 42.5 Å². The summed E-state index contributed by atoms with van der Waals surface area (Å²) in [6.45, 7) is 4.38. The van der Waals surface area contributed by atoms with E-state index in [0.29, 0.717) is 19.0 Å². The largest absolute Gasteiger partial charge is 0.340 e. The number of piperazine rings is 1. The zero-order valence-electron chi connectivity index (χ0n) is 16.8. The average Bonchev–Trinajstić information content (AvgIpc) is 3.20. The summed E-state index contributed by atoms with van der Waals surface area (Å²) in [5, 5.41) is 0. The summed E-state index contributed by atoms with van der Waals surface area (Å²) in [5.41, 5.74) is 5.12. The Morgan fingerprint density at radius 2 is 1.72 bits per heavy atom. The van der Waals surface area contributed by atoms with Crippen LogP contribution in [0, 0.1) is 0 Å². The molecule has 150 valence electrons. The molecule has 5 heteroatoms. The molecule has 0 N–H and O–H groups in total. The molecule has 1 unspecified atom stereocenters. The van der Waals surface area contributed by atoms with Gasteiger partial charge < -0.3 is 9.47 Å². The third kappa shape index (κ3) is 3.79. The number of carbonyl (C=O) groups excluding carboxylic acids is 1. The summed E-state index contributed by atoms with van der Waals surface area (Å²) in [7, 11) is 0. The van der Waals surface area contributed by atoms with Crippen molar-refractivity contribution in [2.75, 3.05) is 26.2 Å². The van der Waals surface area contributed by atoms with Crippen LogP contribution in [0.5, 0.6) is 0 Å². The molecular formula is C24H28N4O. The van der Waals surface area contributed by atoms with E-state index >= 15 is 0 Å². The normalized spacial score (nSPS) is 20.0. The first-order valence-electron chi connectivity index (χ1n) is 10.8. The fourth-order valence-electron chi connectivity index (χ4n) is 4.89. The molecule has 0 bridgehead atoms. The first-order valence-corrected chi connectivity index (χ1v) is 10.8. The predicted octanol–water partition coefficient (Wildman–Crippen LogP) is 3.13. The summed E-state index contributed by atoms with van der Waals surface area (Å²) in [6, 6.07) is 17.6. The van der Waals surface area contributed by atoms with Crippen LogP contribution in [0.2, 0.25) is 0 Å². The molecule has 1 aliphatic heterocycles. The highest BCUT2D eigenvalue weighted by Crippen LogP contribution is 2.25. The van der Waals surface area contributed by atoms with Crippen molar-refractivity contribution in [2.45, 2.75) is 38.3 Å². The molecule has 1 aliphatic carbocycles. The molecule has 0 radical (unpaired) electrons. The van der Waals surface area contributed by atoms with Crippen LogP contribution in [0.25, 0.3) is 11.0 Å². The highest BCUT2D eigenvalue weighted by Gasteiger charge is 2.28. The number of fused-ring (bicyclic) bond motifs is 2. The van der Waals surface area contributed by atoms with Crippen molar-refractivity contribution in [3.8, 4) is 0 Å². The average molecular weight is 389 g/mol. The topological polar surface area (TPSA) is 41.4 Å². The van der Waals surface area contributed by atoms with Gasteiger partial charge in [0.1, 0.15) is 0 Å². The van der Waals surface area contributed by atoms with Crippen LogP contribution in [-0.4, -0.2) is 57.5 Å². The number of carbonyl (C=O) groups is 1. The van der Waals surface area contributed by atoms with Gasteiger partial charge in [-0.1, -0.05) is 36.4 Å². The Bertz CT molecular complexity index is 1000. The van der Waals surface area contributed by atoms with Crippen molar-refractivity contribution in [3.05, 3.63) is 66.0 Å². The summed E-state index contributed by atoms with van der Waals surface area (Å²) in [4.78, 5) is 21.8. The second-order valence-corrected chi connectivity index (χ2v) is 8.26. The lowest BCUT2D eigenvalue weighted by Gasteiger charge is -2.41.